The Labute approximate surface area is 115 Å². The van der Waals surface area contributed by atoms with Crippen LogP contribution in [-0.2, 0) is 3.02 Å². The third kappa shape index (κ3) is 7.87. The van der Waals surface area contributed by atoms with E-state index in [-0.39, 0.29) is 9.41 Å². The summed E-state index contributed by atoms with van der Waals surface area (Å²) in [6.07, 6.45) is 0. The fourth-order valence-corrected chi connectivity index (χ4v) is 1.11. The van der Waals surface area contributed by atoms with Gasteiger partial charge < -0.3 is 4.74 Å². The molecule has 0 spiro atoms. The largest absolute Gasteiger partial charge is 0.457 e. The van der Waals surface area contributed by atoms with Gasteiger partial charge in [-0.1, -0.05) is 36.4 Å². The zero-order valence-electron chi connectivity index (χ0n) is 9.30. The summed E-state index contributed by atoms with van der Waals surface area (Å²) in [5.41, 5.74) is 0. The topological polar surface area (TPSA) is 46.5 Å². The summed E-state index contributed by atoms with van der Waals surface area (Å²) in [5, 5.41) is 0. The fraction of sp³-hybridized carbons (Fsp3) is 0. The van der Waals surface area contributed by atoms with Crippen molar-refractivity contribution in [1.29, 1.82) is 0 Å². The fourth-order valence-electron chi connectivity index (χ4n) is 1.11. The molecule has 1 N–H and O–H groups in total. The van der Waals surface area contributed by atoms with E-state index in [0.29, 0.717) is 0 Å². The number of hydrogen-bond acceptors (Lipinski definition) is 2. The number of para-hydroxylation sites is 2. The van der Waals surface area contributed by atoms with Gasteiger partial charge in [0, 0.05) is 0 Å². The summed E-state index contributed by atoms with van der Waals surface area (Å²) in [6.45, 7) is 0. The van der Waals surface area contributed by atoms with Gasteiger partial charge in [0.15, 0.2) is 0 Å². The molecule has 0 amide bonds. The minimum atomic E-state index is -1.90. The van der Waals surface area contributed by atoms with Crippen LogP contribution in [0.25, 0.3) is 0 Å². The maximum Gasteiger partial charge on any atom is 0.127 e. The Hall–Kier alpha value is -1.32. The molecule has 6 heteroatoms. The average molecular weight is 365 g/mol. The van der Waals surface area contributed by atoms with Gasteiger partial charge in [-0.2, -0.15) is 0 Å². The molecule has 0 heterocycles. The van der Waals surface area contributed by atoms with Crippen LogP contribution in [0.3, 0.4) is 0 Å². The van der Waals surface area contributed by atoms with E-state index in [9.17, 15) is 0 Å². The van der Waals surface area contributed by atoms with E-state index in [4.69, 9.17) is 11.1 Å². The van der Waals surface area contributed by atoms with Crippen molar-refractivity contribution in [3.05, 3.63) is 60.7 Å². The first-order valence-corrected chi connectivity index (χ1v) is 6.80. The molecule has 0 bridgehead atoms. The van der Waals surface area contributed by atoms with Crippen molar-refractivity contribution in [2.75, 3.05) is 0 Å². The SMILES string of the molecule is F.F.[O]=[Sb][OH].c1ccc(Oc2ccccc2)cc1. The van der Waals surface area contributed by atoms with Gasteiger partial charge in [0.2, 0.25) is 0 Å². The van der Waals surface area contributed by atoms with Gasteiger partial charge in [-0.25, -0.2) is 0 Å². The predicted octanol–water partition coefficient (Wildman–Crippen LogP) is 2.73. The predicted molar refractivity (Wildman–Crippen MR) is 66.6 cm³/mol. The molecule has 0 aliphatic rings. The second kappa shape index (κ2) is 12.1. The van der Waals surface area contributed by atoms with E-state index in [1.807, 2.05) is 60.7 Å². The van der Waals surface area contributed by atoms with Crippen molar-refractivity contribution in [3.63, 3.8) is 0 Å². The van der Waals surface area contributed by atoms with Crippen molar-refractivity contribution in [2.24, 2.45) is 0 Å². The normalized spacial score (nSPS) is 7.61. The molecule has 0 saturated heterocycles. The molecule has 0 radical (unpaired) electrons. The van der Waals surface area contributed by atoms with Gasteiger partial charge in [0.1, 0.15) is 11.5 Å². The van der Waals surface area contributed by atoms with Crippen molar-refractivity contribution < 1.29 is 20.5 Å². The maximum absolute atomic E-state index is 8.64. The summed E-state index contributed by atoms with van der Waals surface area (Å²) < 4.78 is 21.4. The van der Waals surface area contributed by atoms with E-state index in [1.54, 1.807) is 0 Å². The van der Waals surface area contributed by atoms with Crippen LogP contribution in [0.5, 0.6) is 11.5 Å². The summed E-state index contributed by atoms with van der Waals surface area (Å²) in [4.78, 5) is 0. The Morgan fingerprint density at radius 3 is 1.33 bits per heavy atom. The molecule has 3 nitrogen and oxygen atoms in total. The molecule has 18 heavy (non-hydrogen) atoms. The van der Waals surface area contributed by atoms with E-state index in [0.717, 1.165) is 11.5 Å². The van der Waals surface area contributed by atoms with E-state index >= 15 is 0 Å². The van der Waals surface area contributed by atoms with Gasteiger partial charge >= 0.3 is 28.4 Å². The molecule has 2 aromatic carbocycles. The molecule has 0 atom stereocenters. The Bertz CT molecular complexity index is 375. The standard InChI is InChI=1S/C12H10O.2FH.H2O.O.Sb/c1-3-7-11(8-4-1)13-12-9-5-2-6-10-12;;;;;/h1-10H;2*1H;1H2;;/q;;;;;+1/p-1. The molecule has 2 aromatic rings. The molecular formula is C12H13F2O3Sb. The van der Waals surface area contributed by atoms with Crippen LogP contribution >= 0.6 is 0 Å². The second-order valence-electron chi connectivity index (χ2n) is 2.81. The summed E-state index contributed by atoms with van der Waals surface area (Å²) in [6, 6.07) is 19.5. The van der Waals surface area contributed by atoms with Crippen molar-refractivity contribution >= 4 is 22.0 Å². The van der Waals surface area contributed by atoms with Crippen LogP contribution in [0, 0.1) is 0 Å². The molecular weight excluding hydrogens is 352 g/mol. The monoisotopic (exact) mass is 364 g/mol. The quantitative estimate of drug-likeness (QED) is 0.833. The minimum Gasteiger partial charge on any atom is -0.457 e. The number of rotatable bonds is 2. The molecule has 0 fully saturated rings. The molecule has 0 aliphatic carbocycles. The van der Waals surface area contributed by atoms with Gasteiger partial charge in [-0.3, -0.25) is 9.41 Å². The third-order valence-corrected chi connectivity index (χ3v) is 1.72. The molecule has 0 saturated carbocycles. The van der Waals surface area contributed by atoms with Gasteiger partial charge in [0.05, 0.1) is 0 Å². The smallest absolute Gasteiger partial charge is 0.127 e. The van der Waals surface area contributed by atoms with Crippen LogP contribution in [0.4, 0.5) is 9.41 Å². The van der Waals surface area contributed by atoms with Gasteiger partial charge in [0.25, 0.3) is 0 Å². The Kier molecular flexibility index (Phi) is 12.8. The molecule has 0 aromatic heterocycles. The Morgan fingerprint density at radius 1 is 0.778 bits per heavy atom. The number of halogens is 2. The zero-order chi connectivity index (χ0) is 11.6. The third-order valence-electron chi connectivity index (χ3n) is 1.72. The van der Waals surface area contributed by atoms with E-state index in [2.05, 4.69) is 0 Å². The number of ether oxygens (including phenoxy) is 1. The summed E-state index contributed by atoms with van der Waals surface area (Å²) in [5.74, 6) is 1.74. The average Bonchev–Trinajstić information content (AvgIpc) is 2.33. The van der Waals surface area contributed by atoms with E-state index < -0.39 is 22.0 Å². The van der Waals surface area contributed by atoms with Crippen LogP contribution in [0.15, 0.2) is 60.7 Å². The molecule has 0 aliphatic heterocycles. The van der Waals surface area contributed by atoms with Crippen LogP contribution in [0.1, 0.15) is 0 Å². The first-order valence-electron chi connectivity index (χ1n) is 4.61. The minimum absolute atomic E-state index is 0. The van der Waals surface area contributed by atoms with Crippen molar-refractivity contribution in [3.8, 4) is 11.5 Å². The van der Waals surface area contributed by atoms with E-state index in [1.165, 1.54) is 0 Å². The first kappa shape index (κ1) is 19.0. The number of benzene rings is 2. The van der Waals surface area contributed by atoms with Gasteiger partial charge in [-0.05, 0) is 24.3 Å². The van der Waals surface area contributed by atoms with Gasteiger partial charge in [-0.15, -0.1) is 0 Å². The molecule has 0 unspecified atom stereocenters. The van der Waals surface area contributed by atoms with Crippen LogP contribution < -0.4 is 4.74 Å². The van der Waals surface area contributed by atoms with Crippen LogP contribution in [-0.4, -0.2) is 25.4 Å². The maximum atomic E-state index is 8.64. The summed E-state index contributed by atoms with van der Waals surface area (Å²) in [7, 11) is 0. The zero-order valence-corrected chi connectivity index (χ0v) is 11.9. The second-order valence-corrected chi connectivity index (χ2v) is 3.28. The Balaban J connectivity index is 0. The van der Waals surface area contributed by atoms with Crippen LogP contribution in [0.2, 0.25) is 0 Å². The molecule has 2 rings (SSSR count). The molecule has 98 valence electrons. The van der Waals surface area contributed by atoms with Crippen molar-refractivity contribution in [1.82, 2.24) is 0 Å². The number of hydrogen-bond donors (Lipinski definition) is 1. The summed E-state index contributed by atoms with van der Waals surface area (Å²) >= 11 is -1.90. The van der Waals surface area contributed by atoms with Crippen molar-refractivity contribution in [2.45, 2.75) is 0 Å². The Morgan fingerprint density at radius 2 is 1.06 bits per heavy atom. The first-order chi connectivity index (χ1) is 7.86.